The lowest BCUT2D eigenvalue weighted by Crippen LogP contribution is -2.05. The van der Waals surface area contributed by atoms with Gasteiger partial charge in [0.1, 0.15) is 5.82 Å². The van der Waals surface area contributed by atoms with Gasteiger partial charge in [-0.25, -0.2) is 4.98 Å². The third-order valence-electron chi connectivity index (χ3n) is 3.03. The van der Waals surface area contributed by atoms with Crippen molar-refractivity contribution < 1.29 is 0 Å². The Balaban J connectivity index is 2.12. The molecule has 98 valence electrons. The Kier molecular flexibility index (Phi) is 3.78. The molecular weight excluding hydrogens is 299 g/mol. The predicted octanol–water partition coefficient (Wildman–Crippen LogP) is 4.58. The lowest BCUT2D eigenvalue weighted by molar-refractivity contribution is 0.756. The summed E-state index contributed by atoms with van der Waals surface area (Å²) in [6.07, 6.45) is 0.762. The van der Waals surface area contributed by atoms with Crippen molar-refractivity contribution in [2.45, 2.75) is 13.0 Å². The van der Waals surface area contributed by atoms with Gasteiger partial charge in [0.25, 0.3) is 0 Å². The van der Waals surface area contributed by atoms with Crippen molar-refractivity contribution in [2.75, 3.05) is 5.88 Å². The molecule has 0 amide bonds. The Morgan fingerprint density at radius 3 is 2.89 bits per heavy atom. The highest BCUT2D eigenvalue weighted by Crippen LogP contribution is 2.23. The van der Waals surface area contributed by atoms with E-state index in [2.05, 4.69) is 26.4 Å². The molecule has 0 aliphatic carbocycles. The largest absolute Gasteiger partial charge is 0.323 e. The van der Waals surface area contributed by atoms with Crippen molar-refractivity contribution in [1.82, 2.24) is 9.55 Å². The van der Waals surface area contributed by atoms with Crippen molar-refractivity contribution in [1.29, 1.82) is 0 Å². The molecule has 0 bridgehead atoms. The molecule has 0 aliphatic heterocycles. The maximum absolute atomic E-state index is 6.09. The number of imidazole rings is 1. The van der Waals surface area contributed by atoms with Gasteiger partial charge in [0, 0.05) is 17.3 Å². The van der Waals surface area contributed by atoms with Crippen LogP contribution in [0.5, 0.6) is 0 Å². The lowest BCUT2D eigenvalue weighted by atomic mass is 10.3. The third-order valence-corrected chi connectivity index (χ3v) is 4.18. The van der Waals surface area contributed by atoms with Crippen LogP contribution in [0.4, 0.5) is 0 Å². The fourth-order valence-electron chi connectivity index (χ4n) is 2.16. The van der Waals surface area contributed by atoms with Crippen LogP contribution in [0.3, 0.4) is 0 Å². The summed E-state index contributed by atoms with van der Waals surface area (Å²) in [6, 6.07) is 7.93. The van der Waals surface area contributed by atoms with Gasteiger partial charge in [-0.1, -0.05) is 11.6 Å². The quantitative estimate of drug-likeness (QED) is 0.645. The standard InChI is InChI=1S/C14H12Cl2N2S/c15-5-3-14-17-12-2-1-11(16)7-13(12)18(14)8-10-4-6-19-9-10/h1-2,4,6-7,9H,3,5,8H2. The van der Waals surface area contributed by atoms with Crippen molar-refractivity contribution in [3.63, 3.8) is 0 Å². The van der Waals surface area contributed by atoms with E-state index < -0.39 is 0 Å². The molecule has 0 N–H and O–H groups in total. The van der Waals surface area contributed by atoms with Gasteiger partial charge < -0.3 is 4.57 Å². The highest BCUT2D eigenvalue weighted by atomic mass is 35.5. The van der Waals surface area contributed by atoms with Crippen LogP contribution < -0.4 is 0 Å². The summed E-state index contributed by atoms with van der Waals surface area (Å²) in [4.78, 5) is 4.65. The van der Waals surface area contributed by atoms with Gasteiger partial charge in [0.2, 0.25) is 0 Å². The number of thiophene rings is 1. The Morgan fingerprint density at radius 1 is 1.26 bits per heavy atom. The number of nitrogens with zero attached hydrogens (tertiary/aromatic N) is 2. The first-order chi connectivity index (χ1) is 9.28. The fraction of sp³-hybridized carbons (Fsp3) is 0.214. The van der Waals surface area contributed by atoms with E-state index in [9.17, 15) is 0 Å². The maximum Gasteiger partial charge on any atom is 0.111 e. The molecule has 5 heteroatoms. The summed E-state index contributed by atoms with van der Waals surface area (Å²) < 4.78 is 2.20. The molecule has 19 heavy (non-hydrogen) atoms. The number of alkyl halides is 1. The zero-order chi connectivity index (χ0) is 13.2. The molecule has 3 aromatic rings. The van der Waals surface area contributed by atoms with Gasteiger partial charge in [-0.05, 0) is 40.6 Å². The van der Waals surface area contributed by atoms with Gasteiger partial charge >= 0.3 is 0 Å². The van der Waals surface area contributed by atoms with Crippen molar-refractivity contribution in [3.05, 3.63) is 51.4 Å². The maximum atomic E-state index is 6.09. The molecule has 0 fully saturated rings. The molecular formula is C14H12Cl2N2S. The number of rotatable bonds is 4. The second-order valence-electron chi connectivity index (χ2n) is 4.32. The van der Waals surface area contributed by atoms with E-state index in [4.69, 9.17) is 23.2 Å². The van der Waals surface area contributed by atoms with E-state index in [1.807, 2.05) is 18.2 Å². The number of fused-ring (bicyclic) bond motifs is 1. The van der Waals surface area contributed by atoms with Gasteiger partial charge in [-0.3, -0.25) is 0 Å². The Morgan fingerprint density at radius 2 is 2.16 bits per heavy atom. The minimum absolute atomic E-state index is 0.570. The first-order valence-electron chi connectivity index (χ1n) is 5.99. The number of hydrogen-bond donors (Lipinski definition) is 0. The molecule has 0 atom stereocenters. The van der Waals surface area contributed by atoms with E-state index in [0.29, 0.717) is 5.88 Å². The average Bonchev–Trinajstić information content (AvgIpc) is 3.00. The van der Waals surface area contributed by atoms with Crippen LogP contribution in [0.1, 0.15) is 11.4 Å². The Labute approximate surface area is 125 Å². The SMILES string of the molecule is ClCCc1nc2ccc(Cl)cc2n1Cc1ccsc1. The molecule has 1 aromatic carbocycles. The van der Waals surface area contributed by atoms with Gasteiger partial charge in [0.05, 0.1) is 17.6 Å². The molecule has 0 unspecified atom stereocenters. The highest BCUT2D eigenvalue weighted by Gasteiger charge is 2.11. The van der Waals surface area contributed by atoms with E-state index in [1.165, 1.54) is 5.56 Å². The summed E-state index contributed by atoms with van der Waals surface area (Å²) in [5.41, 5.74) is 3.32. The van der Waals surface area contributed by atoms with Crippen molar-refractivity contribution >= 4 is 45.6 Å². The van der Waals surface area contributed by atoms with Crippen LogP contribution in [0.15, 0.2) is 35.0 Å². The van der Waals surface area contributed by atoms with Crippen molar-refractivity contribution in [2.24, 2.45) is 0 Å². The van der Waals surface area contributed by atoms with Crippen LogP contribution in [-0.4, -0.2) is 15.4 Å². The summed E-state index contributed by atoms with van der Waals surface area (Å²) in [5.74, 6) is 1.58. The van der Waals surface area contributed by atoms with Crippen LogP contribution >= 0.6 is 34.5 Å². The van der Waals surface area contributed by atoms with Gasteiger partial charge in [-0.15, -0.1) is 11.6 Å². The van der Waals surface area contributed by atoms with E-state index in [0.717, 1.165) is 34.8 Å². The lowest BCUT2D eigenvalue weighted by Gasteiger charge is -2.07. The summed E-state index contributed by atoms with van der Waals surface area (Å²) in [5, 5.41) is 4.97. The summed E-state index contributed by atoms with van der Waals surface area (Å²) >= 11 is 13.7. The fourth-order valence-corrected chi connectivity index (χ4v) is 3.16. The highest BCUT2D eigenvalue weighted by molar-refractivity contribution is 7.07. The van der Waals surface area contributed by atoms with E-state index in [1.54, 1.807) is 11.3 Å². The third kappa shape index (κ3) is 2.64. The first-order valence-corrected chi connectivity index (χ1v) is 7.85. The molecule has 0 spiro atoms. The summed E-state index contributed by atoms with van der Waals surface area (Å²) in [6.45, 7) is 0.812. The predicted molar refractivity (Wildman–Crippen MR) is 82.6 cm³/mol. The topological polar surface area (TPSA) is 17.8 Å². The van der Waals surface area contributed by atoms with Crippen molar-refractivity contribution in [3.8, 4) is 0 Å². The first kappa shape index (κ1) is 13.0. The Hall–Kier alpha value is -1.03. The minimum Gasteiger partial charge on any atom is -0.323 e. The second-order valence-corrected chi connectivity index (χ2v) is 5.91. The molecule has 2 nitrogen and oxygen atoms in total. The zero-order valence-corrected chi connectivity index (χ0v) is 12.5. The van der Waals surface area contributed by atoms with Crippen LogP contribution in [0, 0.1) is 0 Å². The van der Waals surface area contributed by atoms with Crippen LogP contribution in [0.25, 0.3) is 11.0 Å². The number of benzene rings is 1. The van der Waals surface area contributed by atoms with Gasteiger partial charge in [-0.2, -0.15) is 11.3 Å². The average molecular weight is 311 g/mol. The molecule has 0 aliphatic rings. The van der Waals surface area contributed by atoms with E-state index >= 15 is 0 Å². The second kappa shape index (κ2) is 5.53. The zero-order valence-electron chi connectivity index (χ0n) is 10.1. The van der Waals surface area contributed by atoms with Crippen LogP contribution in [0.2, 0.25) is 5.02 Å². The number of aryl methyl sites for hydroxylation is 1. The number of halogens is 2. The Bertz CT molecular complexity index is 689. The van der Waals surface area contributed by atoms with Crippen LogP contribution in [-0.2, 0) is 13.0 Å². The number of hydrogen-bond acceptors (Lipinski definition) is 2. The molecule has 0 radical (unpaired) electrons. The molecule has 3 rings (SSSR count). The number of aromatic nitrogens is 2. The van der Waals surface area contributed by atoms with Gasteiger partial charge in [0.15, 0.2) is 0 Å². The normalized spacial score (nSPS) is 11.3. The smallest absolute Gasteiger partial charge is 0.111 e. The van der Waals surface area contributed by atoms with E-state index in [-0.39, 0.29) is 0 Å². The molecule has 0 saturated carbocycles. The monoisotopic (exact) mass is 310 g/mol. The molecule has 0 saturated heterocycles. The molecule has 2 aromatic heterocycles. The molecule has 2 heterocycles. The summed E-state index contributed by atoms with van der Waals surface area (Å²) in [7, 11) is 0. The minimum atomic E-state index is 0.570.